The molecule has 0 saturated carbocycles. The molecule has 0 aliphatic carbocycles. The van der Waals surface area contributed by atoms with E-state index in [0.29, 0.717) is 18.0 Å². The number of anilines is 1. The molecule has 1 atom stereocenters. The predicted molar refractivity (Wildman–Crippen MR) is 163 cm³/mol. The fourth-order valence-corrected chi connectivity index (χ4v) is 5.35. The van der Waals surface area contributed by atoms with Crippen LogP contribution < -0.4 is 14.4 Å². The van der Waals surface area contributed by atoms with Gasteiger partial charge in [0.25, 0.3) is 0 Å². The van der Waals surface area contributed by atoms with Gasteiger partial charge in [-0.15, -0.1) is 0 Å². The van der Waals surface area contributed by atoms with Crippen molar-refractivity contribution in [3.63, 3.8) is 0 Å². The summed E-state index contributed by atoms with van der Waals surface area (Å²) in [5.41, 5.74) is 2.53. The summed E-state index contributed by atoms with van der Waals surface area (Å²) in [5.74, 6) is -0.205. The molecule has 8 nitrogen and oxygen atoms in total. The van der Waals surface area contributed by atoms with E-state index < -0.39 is 34.1 Å². The molecule has 220 valence electrons. The summed E-state index contributed by atoms with van der Waals surface area (Å²) in [7, 11) is -3.84. The number of nitrogens with one attached hydrogen (secondary N) is 1. The number of amides is 2. The van der Waals surface area contributed by atoms with Crippen LogP contribution in [0, 0.1) is 6.92 Å². The number of carbonyl (C=O) groups excluding carboxylic acids is 2. The smallest absolute Gasteiger partial charge is 0.244 e. The highest BCUT2D eigenvalue weighted by Crippen LogP contribution is 2.23. The van der Waals surface area contributed by atoms with Crippen LogP contribution in [-0.2, 0) is 32.6 Å². The number of nitrogens with zero attached hydrogens (tertiary/aromatic N) is 2. The van der Waals surface area contributed by atoms with Gasteiger partial charge in [-0.05, 0) is 70.0 Å². The van der Waals surface area contributed by atoms with Crippen molar-refractivity contribution in [2.75, 3.05) is 23.7 Å². The van der Waals surface area contributed by atoms with Gasteiger partial charge in [0.2, 0.25) is 21.8 Å². The highest BCUT2D eigenvalue weighted by Gasteiger charge is 2.34. The minimum Gasteiger partial charge on any atom is -0.494 e. The van der Waals surface area contributed by atoms with Crippen molar-refractivity contribution in [3.8, 4) is 5.75 Å². The first kappa shape index (κ1) is 31.7. The van der Waals surface area contributed by atoms with Gasteiger partial charge in [0.05, 0.1) is 18.6 Å². The highest BCUT2D eigenvalue weighted by molar-refractivity contribution is 7.92. The van der Waals surface area contributed by atoms with Crippen molar-refractivity contribution in [3.05, 3.63) is 95.6 Å². The van der Waals surface area contributed by atoms with E-state index in [1.807, 2.05) is 89.2 Å². The topological polar surface area (TPSA) is 96.0 Å². The van der Waals surface area contributed by atoms with Crippen molar-refractivity contribution in [2.24, 2.45) is 0 Å². The van der Waals surface area contributed by atoms with Crippen molar-refractivity contribution < 1.29 is 22.7 Å². The van der Waals surface area contributed by atoms with Crippen LogP contribution >= 0.6 is 0 Å². The Bertz CT molecular complexity index is 1420. The average Bonchev–Trinajstić information content (AvgIpc) is 2.89. The molecule has 0 fully saturated rings. The van der Waals surface area contributed by atoms with Gasteiger partial charge in [-0.2, -0.15) is 0 Å². The van der Waals surface area contributed by atoms with E-state index in [4.69, 9.17) is 4.74 Å². The summed E-state index contributed by atoms with van der Waals surface area (Å²) in [4.78, 5) is 29.4. The van der Waals surface area contributed by atoms with Gasteiger partial charge in [0, 0.05) is 18.5 Å². The first-order chi connectivity index (χ1) is 19.3. The monoisotopic (exact) mass is 579 g/mol. The minimum atomic E-state index is -3.84. The van der Waals surface area contributed by atoms with E-state index >= 15 is 0 Å². The van der Waals surface area contributed by atoms with Gasteiger partial charge in [-0.3, -0.25) is 13.9 Å². The van der Waals surface area contributed by atoms with Gasteiger partial charge in [0.15, 0.2) is 0 Å². The zero-order chi connectivity index (χ0) is 30.2. The first-order valence-electron chi connectivity index (χ1n) is 13.7. The molecule has 41 heavy (non-hydrogen) atoms. The summed E-state index contributed by atoms with van der Waals surface area (Å²) in [6, 6.07) is 22.9. The van der Waals surface area contributed by atoms with Crippen LogP contribution in [0.15, 0.2) is 78.9 Å². The van der Waals surface area contributed by atoms with Crippen LogP contribution in [-0.4, -0.2) is 56.1 Å². The third-order valence-electron chi connectivity index (χ3n) is 6.32. The fraction of sp³-hybridized carbons (Fsp3) is 0.375. The van der Waals surface area contributed by atoms with Gasteiger partial charge in [-0.25, -0.2) is 8.42 Å². The summed E-state index contributed by atoms with van der Waals surface area (Å²) in [5, 5.41) is 3.03. The lowest BCUT2D eigenvalue weighted by atomic mass is 10.0. The number of hydrogen-bond acceptors (Lipinski definition) is 5. The highest BCUT2D eigenvalue weighted by atomic mass is 32.2. The predicted octanol–water partition coefficient (Wildman–Crippen LogP) is 4.71. The Morgan fingerprint density at radius 2 is 1.56 bits per heavy atom. The van der Waals surface area contributed by atoms with Crippen LogP contribution in [0.25, 0.3) is 0 Å². The fourth-order valence-electron chi connectivity index (χ4n) is 4.50. The molecule has 3 rings (SSSR count). The summed E-state index contributed by atoms with van der Waals surface area (Å²) < 4.78 is 32.4. The van der Waals surface area contributed by atoms with E-state index in [-0.39, 0.29) is 18.9 Å². The molecule has 0 aromatic heterocycles. The maximum Gasteiger partial charge on any atom is 0.244 e. The lowest BCUT2D eigenvalue weighted by Gasteiger charge is -2.35. The molecule has 0 spiro atoms. The van der Waals surface area contributed by atoms with E-state index in [9.17, 15) is 18.0 Å². The van der Waals surface area contributed by atoms with Crippen LogP contribution in [0.4, 0.5) is 5.69 Å². The summed E-state index contributed by atoms with van der Waals surface area (Å²) >= 11 is 0. The number of ether oxygens (including phenoxy) is 1. The number of aryl methyl sites for hydroxylation is 1. The maximum absolute atomic E-state index is 14.1. The molecule has 0 saturated heterocycles. The number of carbonyl (C=O) groups is 2. The van der Waals surface area contributed by atoms with Gasteiger partial charge in [0.1, 0.15) is 18.3 Å². The molecule has 0 heterocycles. The van der Waals surface area contributed by atoms with Gasteiger partial charge in [-0.1, -0.05) is 60.2 Å². The molecular formula is C32H41N3O5S. The summed E-state index contributed by atoms with van der Waals surface area (Å²) in [6.07, 6.45) is 1.33. The third-order valence-corrected chi connectivity index (χ3v) is 7.46. The Morgan fingerprint density at radius 3 is 2.12 bits per heavy atom. The van der Waals surface area contributed by atoms with E-state index in [0.717, 1.165) is 27.3 Å². The second-order valence-corrected chi connectivity index (χ2v) is 13.1. The lowest BCUT2D eigenvalue weighted by Crippen LogP contribution is -2.56. The average molecular weight is 580 g/mol. The molecule has 1 N–H and O–H groups in total. The molecule has 3 aromatic rings. The molecular weight excluding hydrogens is 538 g/mol. The van der Waals surface area contributed by atoms with Gasteiger partial charge < -0.3 is 15.0 Å². The molecule has 3 aromatic carbocycles. The Balaban J connectivity index is 2.05. The molecule has 0 bridgehead atoms. The Kier molecular flexibility index (Phi) is 10.6. The van der Waals surface area contributed by atoms with E-state index in [1.54, 1.807) is 24.3 Å². The van der Waals surface area contributed by atoms with Crippen molar-refractivity contribution in [1.82, 2.24) is 10.2 Å². The second kappa shape index (κ2) is 13.7. The third kappa shape index (κ3) is 9.63. The Hall–Kier alpha value is -3.85. The normalized spacial score (nSPS) is 12.3. The van der Waals surface area contributed by atoms with Crippen LogP contribution in [0.5, 0.6) is 5.75 Å². The van der Waals surface area contributed by atoms with Crippen LogP contribution in [0.3, 0.4) is 0 Å². The number of benzene rings is 3. The number of sulfonamides is 1. The quantitative estimate of drug-likeness (QED) is 0.335. The number of rotatable bonds is 12. The van der Waals surface area contributed by atoms with Gasteiger partial charge >= 0.3 is 0 Å². The van der Waals surface area contributed by atoms with Crippen molar-refractivity contribution in [2.45, 2.75) is 59.2 Å². The lowest BCUT2D eigenvalue weighted by molar-refractivity contribution is -0.140. The molecule has 2 amide bonds. The molecule has 0 aliphatic heterocycles. The standard InChI is InChI=1S/C32H41N3O5S/c1-7-40-28-18-16-27(17-19-28)35(41(6,38)39)23-30(36)34(22-26-15-11-12-24(2)20-26)29(31(37)33-32(3,4)5)21-25-13-9-8-10-14-25/h8-20,29H,7,21-23H2,1-6H3,(H,33,37)/t29-/m1/s1. The van der Waals surface area contributed by atoms with Crippen LogP contribution in [0.1, 0.15) is 44.4 Å². The SMILES string of the molecule is CCOc1ccc(N(CC(=O)N(Cc2cccc(C)c2)[C@H](Cc2ccccc2)C(=O)NC(C)(C)C)S(C)(=O)=O)cc1. The largest absolute Gasteiger partial charge is 0.494 e. The maximum atomic E-state index is 14.1. The number of hydrogen-bond donors (Lipinski definition) is 1. The Labute approximate surface area is 244 Å². The summed E-state index contributed by atoms with van der Waals surface area (Å²) in [6.45, 7) is 9.61. The molecule has 0 unspecified atom stereocenters. The first-order valence-corrected chi connectivity index (χ1v) is 15.5. The second-order valence-electron chi connectivity index (χ2n) is 11.2. The zero-order valence-electron chi connectivity index (χ0n) is 24.8. The van der Waals surface area contributed by atoms with Crippen molar-refractivity contribution >= 4 is 27.5 Å². The molecule has 0 aliphatic rings. The Morgan fingerprint density at radius 1 is 0.927 bits per heavy atom. The van der Waals surface area contributed by atoms with E-state index in [1.165, 1.54) is 4.90 Å². The minimum absolute atomic E-state index is 0.135. The molecule has 0 radical (unpaired) electrons. The van der Waals surface area contributed by atoms with Crippen LogP contribution in [0.2, 0.25) is 0 Å². The molecule has 9 heteroatoms. The van der Waals surface area contributed by atoms with E-state index in [2.05, 4.69) is 5.32 Å². The van der Waals surface area contributed by atoms with Crippen molar-refractivity contribution in [1.29, 1.82) is 0 Å². The zero-order valence-corrected chi connectivity index (χ0v) is 25.6.